The van der Waals surface area contributed by atoms with Gasteiger partial charge in [-0.25, -0.2) is 4.98 Å². The van der Waals surface area contributed by atoms with E-state index in [1.807, 2.05) is 34.5 Å². The van der Waals surface area contributed by atoms with Crippen LogP contribution >= 0.6 is 27.3 Å². The number of carbonyl (C=O) groups is 1. The van der Waals surface area contributed by atoms with Crippen LogP contribution < -0.4 is 4.90 Å². The zero-order chi connectivity index (χ0) is 16.5. The van der Waals surface area contributed by atoms with Crippen LogP contribution in [0, 0.1) is 5.92 Å². The fraction of sp³-hybridized carbons (Fsp3) is 0.444. The number of ether oxygens (including phenoxy) is 1. The minimum absolute atomic E-state index is 0.146. The van der Waals surface area contributed by atoms with Gasteiger partial charge in [-0.05, 0) is 37.8 Å². The van der Waals surface area contributed by atoms with Gasteiger partial charge in [-0.2, -0.15) is 0 Å². The standard InChI is InChI=1S/C18H19BrN2O2S/c19-14-7-5-12(6-8-14)16-11-24-18(20-16)21(17(22)13-3-4-13)10-15-2-1-9-23-15/h5-8,11,13,15H,1-4,9-10H2/t15-/m0/s1. The largest absolute Gasteiger partial charge is 0.376 e. The van der Waals surface area contributed by atoms with Crippen molar-refractivity contribution in [3.05, 3.63) is 34.1 Å². The molecular formula is C18H19BrN2O2S. The highest BCUT2D eigenvalue weighted by Crippen LogP contribution is 2.35. The molecule has 2 heterocycles. The third kappa shape index (κ3) is 3.55. The molecule has 126 valence electrons. The molecule has 1 atom stereocenters. The molecule has 0 bridgehead atoms. The van der Waals surface area contributed by atoms with Gasteiger partial charge in [-0.3, -0.25) is 9.69 Å². The molecule has 2 aliphatic rings. The van der Waals surface area contributed by atoms with Crippen molar-refractivity contribution in [3.63, 3.8) is 0 Å². The predicted octanol–water partition coefficient (Wildman–Crippen LogP) is 4.49. The molecular weight excluding hydrogens is 388 g/mol. The summed E-state index contributed by atoms with van der Waals surface area (Å²) in [6.07, 6.45) is 4.27. The van der Waals surface area contributed by atoms with Crippen LogP contribution in [0.2, 0.25) is 0 Å². The summed E-state index contributed by atoms with van der Waals surface area (Å²) < 4.78 is 6.78. The highest BCUT2D eigenvalue weighted by Gasteiger charge is 2.36. The maximum absolute atomic E-state index is 12.7. The normalized spacial score (nSPS) is 20.3. The Kier molecular flexibility index (Phi) is 4.70. The molecule has 1 aromatic carbocycles. The highest BCUT2D eigenvalue weighted by atomic mass is 79.9. The number of carbonyl (C=O) groups excluding carboxylic acids is 1. The van der Waals surface area contributed by atoms with Gasteiger partial charge in [-0.15, -0.1) is 11.3 Å². The second-order valence-electron chi connectivity index (χ2n) is 6.38. The van der Waals surface area contributed by atoms with Crippen LogP contribution in [0.3, 0.4) is 0 Å². The van der Waals surface area contributed by atoms with Crippen molar-refractivity contribution < 1.29 is 9.53 Å². The van der Waals surface area contributed by atoms with Crippen molar-refractivity contribution >= 4 is 38.3 Å². The van der Waals surface area contributed by atoms with Crippen LogP contribution in [0.25, 0.3) is 11.3 Å². The van der Waals surface area contributed by atoms with E-state index in [1.54, 1.807) is 11.3 Å². The summed E-state index contributed by atoms with van der Waals surface area (Å²) in [7, 11) is 0. The van der Waals surface area contributed by atoms with Crippen molar-refractivity contribution in [1.29, 1.82) is 0 Å². The van der Waals surface area contributed by atoms with Crippen LogP contribution in [-0.2, 0) is 9.53 Å². The number of hydrogen-bond donors (Lipinski definition) is 0. The Hall–Kier alpha value is -1.24. The SMILES string of the molecule is O=C(C1CC1)N(C[C@@H]1CCCO1)c1nc(-c2ccc(Br)cc2)cs1. The lowest BCUT2D eigenvalue weighted by atomic mass is 10.2. The Morgan fingerprint density at radius 3 is 2.75 bits per heavy atom. The van der Waals surface area contributed by atoms with Gasteiger partial charge in [0, 0.05) is 27.9 Å². The summed E-state index contributed by atoms with van der Waals surface area (Å²) in [5, 5.41) is 2.82. The molecule has 1 saturated heterocycles. The minimum Gasteiger partial charge on any atom is -0.376 e. The summed E-state index contributed by atoms with van der Waals surface area (Å²) >= 11 is 4.99. The Labute approximate surface area is 154 Å². The number of halogens is 1. The molecule has 2 fully saturated rings. The Morgan fingerprint density at radius 1 is 1.29 bits per heavy atom. The van der Waals surface area contributed by atoms with Crippen LogP contribution in [0.1, 0.15) is 25.7 Å². The van der Waals surface area contributed by atoms with Gasteiger partial charge in [-0.1, -0.05) is 28.1 Å². The zero-order valence-electron chi connectivity index (χ0n) is 13.3. The molecule has 1 aromatic heterocycles. The van der Waals surface area contributed by atoms with E-state index in [0.29, 0.717) is 6.54 Å². The van der Waals surface area contributed by atoms with Gasteiger partial charge in [0.25, 0.3) is 0 Å². The van der Waals surface area contributed by atoms with Gasteiger partial charge >= 0.3 is 0 Å². The van der Waals surface area contributed by atoms with Crippen LogP contribution in [-0.4, -0.2) is 30.1 Å². The van der Waals surface area contributed by atoms with E-state index in [2.05, 4.69) is 15.9 Å². The summed E-state index contributed by atoms with van der Waals surface area (Å²) in [4.78, 5) is 19.3. The van der Waals surface area contributed by atoms with E-state index >= 15 is 0 Å². The van der Waals surface area contributed by atoms with Crippen molar-refractivity contribution in [2.24, 2.45) is 5.92 Å². The molecule has 1 aliphatic heterocycles. The molecule has 4 rings (SSSR count). The number of anilines is 1. The quantitative estimate of drug-likeness (QED) is 0.733. The Morgan fingerprint density at radius 2 is 2.08 bits per heavy atom. The lowest BCUT2D eigenvalue weighted by Gasteiger charge is -2.23. The maximum Gasteiger partial charge on any atom is 0.231 e. The van der Waals surface area contributed by atoms with Gasteiger partial charge < -0.3 is 4.74 Å². The molecule has 0 unspecified atom stereocenters. The number of nitrogens with zero attached hydrogens (tertiary/aromatic N) is 2. The van der Waals surface area contributed by atoms with Crippen LogP contribution in [0.15, 0.2) is 34.1 Å². The second-order valence-corrected chi connectivity index (χ2v) is 8.13. The van der Waals surface area contributed by atoms with Crippen LogP contribution in [0.4, 0.5) is 5.13 Å². The van der Waals surface area contributed by atoms with Gasteiger partial charge in [0.1, 0.15) is 0 Å². The lowest BCUT2D eigenvalue weighted by Crippen LogP contribution is -2.38. The smallest absolute Gasteiger partial charge is 0.231 e. The highest BCUT2D eigenvalue weighted by molar-refractivity contribution is 9.10. The number of hydrogen-bond acceptors (Lipinski definition) is 4. The third-order valence-electron chi connectivity index (χ3n) is 4.47. The van der Waals surface area contributed by atoms with Crippen molar-refractivity contribution in [3.8, 4) is 11.3 Å². The monoisotopic (exact) mass is 406 g/mol. The predicted molar refractivity (Wildman–Crippen MR) is 99.3 cm³/mol. The number of thiazole rings is 1. The number of amides is 1. The molecule has 0 radical (unpaired) electrons. The fourth-order valence-electron chi connectivity index (χ4n) is 2.95. The molecule has 2 aromatic rings. The molecule has 1 aliphatic carbocycles. The van der Waals surface area contributed by atoms with Crippen molar-refractivity contribution in [1.82, 2.24) is 4.98 Å². The molecule has 1 amide bonds. The fourth-order valence-corrected chi connectivity index (χ4v) is 4.06. The van der Waals surface area contributed by atoms with E-state index in [0.717, 1.165) is 53.2 Å². The van der Waals surface area contributed by atoms with E-state index in [-0.39, 0.29) is 17.9 Å². The first-order valence-electron chi connectivity index (χ1n) is 8.35. The first-order valence-corrected chi connectivity index (χ1v) is 10.0. The minimum atomic E-state index is 0.146. The summed E-state index contributed by atoms with van der Waals surface area (Å²) in [6, 6.07) is 8.09. The second kappa shape index (κ2) is 6.94. The summed E-state index contributed by atoms with van der Waals surface area (Å²) in [5.41, 5.74) is 1.99. The first-order chi connectivity index (χ1) is 11.7. The third-order valence-corrected chi connectivity index (χ3v) is 5.86. The van der Waals surface area contributed by atoms with Gasteiger partial charge in [0.05, 0.1) is 18.3 Å². The molecule has 6 heteroatoms. The van der Waals surface area contributed by atoms with Crippen molar-refractivity contribution in [2.45, 2.75) is 31.8 Å². The molecule has 0 N–H and O–H groups in total. The lowest BCUT2D eigenvalue weighted by molar-refractivity contribution is -0.120. The zero-order valence-corrected chi connectivity index (χ0v) is 15.7. The topological polar surface area (TPSA) is 42.4 Å². The Balaban J connectivity index is 1.57. The molecule has 4 nitrogen and oxygen atoms in total. The summed E-state index contributed by atoms with van der Waals surface area (Å²) in [6.45, 7) is 1.43. The van der Waals surface area contributed by atoms with Crippen LogP contribution in [0.5, 0.6) is 0 Å². The number of rotatable bonds is 5. The molecule has 24 heavy (non-hydrogen) atoms. The Bertz CT molecular complexity index is 721. The number of benzene rings is 1. The average Bonchev–Trinajstić information content (AvgIpc) is 3.10. The average molecular weight is 407 g/mol. The van der Waals surface area contributed by atoms with E-state index in [4.69, 9.17) is 9.72 Å². The van der Waals surface area contributed by atoms with Gasteiger partial charge in [0.2, 0.25) is 5.91 Å². The first kappa shape index (κ1) is 16.2. The van der Waals surface area contributed by atoms with Gasteiger partial charge in [0.15, 0.2) is 5.13 Å². The number of aromatic nitrogens is 1. The van der Waals surface area contributed by atoms with E-state index in [1.165, 1.54) is 0 Å². The maximum atomic E-state index is 12.7. The van der Waals surface area contributed by atoms with Crippen molar-refractivity contribution in [2.75, 3.05) is 18.1 Å². The molecule has 1 saturated carbocycles. The molecule has 0 spiro atoms. The van der Waals surface area contributed by atoms with E-state index < -0.39 is 0 Å². The van der Waals surface area contributed by atoms with E-state index in [9.17, 15) is 4.79 Å². The summed E-state index contributed by atoms with van der Waals surface area (Å²) in [5.74, 6) is 0.397.